The van der Waals surface area contributed by atoms with Crippen molar-refractivity contribution in [2.75, 3.05) is 6.61 Å². The van der Waals surface area contributed by atoms with Crippen LogP contribution in [0.4, 0.5) is 0 Å². The van der Waals surface area contributed by atoms with E-state index < -0.39 is 5.97 Å². The van der Waals surface area contributed by atoms with Crippen LogP contribution in [-0.4, -0.2) is 33.0 Å². The van der Waals surface area contributed by atoms with Crippen molar-refractivity contribution in [3.05, 3.63) is 30.2 Å². The number of aromatic amines is 1. The van der Waals surface area contributed by atoms with Crippen LogP contribution in [0.5, 0.6) is 0 Å². The maximum atomic E-state index is 11.4. The van der Waals surface area contributed by atoms with Crippen molar-refractivity contribution in [1.29, 1.82) is 0 Å². The Hall–Kier alpha value is -2.24. The van der Waals surface area contributed by atoms with E-state index in [1.54, 1.807) is 31.5 Å². The number of ether oxygens (including phenoxy) is 1. The first-order chi connectivity index (χ1) is 7.81. The van der Waals surface area contributed by atoms with Gasteiger partial charge in [0.15, 0.2) is 0 Å². The zero-order chi connectivity index (χ0) is 11.4. The fourth-order valence-corrected chi connectivity index (χ4v) is 1.23. The normalized spacial score (nSPS) is 10.1. The number of rotatable bonds is 3. The van der Waals surface area contributed by atoms with Crippen LogP contribution in [0.15, 0.2) is 24.5 Å². The lowest BCUT2D eigenvalue weighted by Crippen LogP contribution is -2.04. The second kappa shape index (κ2) is 4.52. The van der Waals surface area contributed by atoms with E-state index in [4.69, 9.17) is 4.74 Å². The number of esters is 1. The van der Waals surface area contributed by atoms with E-state index in [0.29, 0.717) is 18.0 Å². The molecule has 6 nitrogen and oxygen atoms in total. The van der Waals surface area contributed by atoms with Crippen molar-refractivity contribution >= 4 is 5.97 Å². The summed E-state index contributed by atoms with van der Waals surface area (Å²) in [6, 6.07) is 3.38. The number of aromatic nitrogens is 4. The third kappa shape index (κ3) is 2.05. The second-order valence-corrected chi connectivity index (χ2v) is 3.02. The molecule has 6 heteroatoms. The molecule has 0 radical (unpaired) electrons. The van der Waals surface area contributed by atoms with Gasteiger partial charge in [0.1, 0.15) is 5.69 Å². The van der Waals surface area contributed by atoms with Gasteiger partial charge in [-0.05, 0) is 19.1 Å². The van der Waals surface area contributed by atoms with E-state index in [2.05, 4.69) is 20.4 Å². The van der Waals surface area contributed by atoms with Crippen LogP contribution in [0.1, 0.15) is 17.4 Å². The number of nitrogens with one attached hydrogen (secondary N) is 1. The highest BCUT2D eigenvalue weighted by atomic mass is 16.5. The molecule has 2 heterocycles. The molecule has 0 bridgehead atoms. The summed E-state index contributed by atoms with van der Waals surface area (Å²) in [7, 11) is 0. The lowest BCUT2D eigenvalue weighted by Gasteiger charge is -1.96. The summed E-state index contributed by atoms with van der Waals surface area (Å²) in [5, 5.41) is 14.0. The Morgan fingerprint density at radius 1 is 1.50 bits per heavy atom. The van der Waals surface area contributed by atoms with E-state index >= 15 is 0 Å². The predicted octanol–water partition coefficient (Wildman–Crippen LogP) is 1.04. The number of H-pyrrole nitrogens is 1. The number of hydrogen-bond donors (Lipinski definition) is 1. The highest BCUT2D eigenvalue weighted by Crippen LogP contribution is 2.15. The van der Waals surface area contributed by atoms with E-state index in [1.165, 1.54) is 0 Å². The van der Waals surface area contributed by atoms with Gasteiger partial charge in [-0.15, -0.1) is 0 Å². The third-order valence-electron chi connectivity index (χ3n) is 1.95. The van der Waals surface area contributed by atoms with Gasteiger partial charge < -0.3 is 4.74 Å². The maximum absolute atomic E-state index is 11.4. The van der Waals surface area contributed by atoms with Crippen molar-refractivity contribution in [1.82, 2.24) is 20.4 Å². The summed E-state index contributed by atoms with van der Waals surface area (Å²) in [6.07, 6.45) is 3.14. The molecular formula is C10H10N4O2. The monoisotopic (exact) mass is 218 g/mol. The van der Waals surface area contributed by atoms with Gasteiger partial charge in [0, 0.05) is 5.56 Å². The van der Waals surface area contributed by atoms with E-state index in [1.807, 2.05) is 0 Å². The zero-order valence-corrected chi connectivity index (χ0v) is 8.67. The molecule has 0 saturated carbocycles. The molecule has 0 aromatic carbocycles. The molecule has 0 aliphatic heterocycles. The van der Waals surface area contributed by atoms with E-state index in [9.17, 15) is 4.79 Å². The van der Waals surface area contributed by atoms with Gasteiger partial charge in [-0.25, -0.2) is 4.79 Å². The lowest BCUT2D eigenvalue weighted by atomic mass is 10.2. The minimum absolute atomic E-state index is 0.327. The lowest BCUT2D eigenvalue weighted by molar-refractivity contribution is 0.0519. The first kappa shape index (κ1) is 10.3. The third-order valence-corrected chi connectivity index (χ3v) is 1.95. The molecule has 0 aliphatic rings. The van der Waals surface area contributed by atoms with Crippen LogP contribution in [0.3, 0.4) is 0 Å². The smallest absolute Gasteiger partial charge is 0.356 e. The van der Waals surface area contributed by atoms with Crippen LogP contribution >= 0.6 is 0 Å². The SMILES string of the molecule is CCOC(=O)c1cc(-c2ccnnc2)n[nH]1. The van der Waals surface area contributed by atoms with Crippen molar-refractivity contribution in [3.63, 3.8) is 0 Å². The van der Waals surface area contributed by atoms with Crippen molar-refractivity contribution < 1.29 is 9.53 Å². The Labute approximate surface area is 91.7 Å². The van der Waals surface area contributed by atoms with Gasteiger partial charge in [0.25, 0.3) is 0 Å². The molecule has 2 aromatic heterocycles. The maximum Gasteiger partial charge on any atom is 0.356 e. The van der Waals surface area contributed by atoms with Gasteiger partial charge in [0.05, 0.1) is 24.7 Å². The van der Waals surface area contributed by atoms with Crippen molar-refractivity contribution in [3.8, 4) is 11.3 Å². The molecule has 0 spiro atoms. The molecule has 2 rings (SSSR count). The second-order valence-electron chi connectivity index (χ2n) is 3.02. The van der Waals surface area contributed by atoms with Crippen molar-refractivity contribution in [2.45, 2.75) is 6.92 Å². The number of carbonyl (C=O) groups excluding carboxylic acids is 1. The number of nitrogens with zero attached hydrogens (tertiary/aromatic N) is 3. The van der Waals surface area contributed by atoms with Crippen LogP contribution in [-0.2, 0) is 4.74 Å². The van der Waals surface area contributed by atoms with Gasteiger partial charge in [-0.1, -0.05) is 0 Å². The molecule has 1 N–H and O–H groups in total. The highest BCUT2D eigenvalue weighted by Gasteiger charge is 2.11. The first-order valence-corrected chi connectivity index (χ1v) is 4.81. The predicted molar refractivity (Wildman–Crippen MR) is 55.6 cm³/mol. The molecule has 2 aromatic rings. The molecular weight excluding hydrogens is 208 g/mol. The summed E-state index contributed by atoms with van der Waals surface area (Å²) in [5.74, 6) is -0.414. The quantitative estimate of drug-likeness (QED) is 0.778. The molecule has 0 saturated heterocycles. The minimum atomic E-state index is -0.414. The Morgan fingerprint density at radius 2 is 2.38 bits per heavy atom. The zero-order valence-electron chi connectivity index (χ0n) is 8.67. The largest absolute Gasteiger partial charge is 0.461 e. The van der Waals surface area contributed by atoms with E-state index in [-0.39, 0.29) is 0 Å². The Morgan fingerprint density at radius 3 is 3.06 bits per heavy atom. The summed E-state index contributed by atoms with van der Waals surface area (Å²) < 4.78 is 4.84. The highest BCUT2D eigenvalue weighted by molar-refractivity contribution is 5.88. The van der Waals surface area contributed by atoms with Gasteiger partial charge in [-0.2, -0.15) is 15.3 Å². The minimum Gasteiger partial charge on any atom is -0.461 e. The number of carbonyl (C=O) groups is 1. The standard InChI is InChI=1S/C10H10N4O2/c1-2-16-10(15)9-5-8(13-14-9)7-3-4-11-12-6-7/h3-6H,2H2,1H3,(H,13,14). The first-order valence-electron chi connectivity index (χ1n) is 4.81. The van der Waals surface area contributed by atoms with Gasteiger partial charge in [0.2, 0.25) is 0 Å². The topological polar surface area (TPSA) is 80.8 Å². The molecule has 0 atom stereocenters. The molecule has 0 unspecified atom stereocenters. The summed E-state index contributed by atoms with van der Waals surface area (Å²) in [5.41, 5.74) is 1.76. The Balaban J connectivity index is 2.23. The fourth-order valence-electron chi connectivity index (χ4n) is 1.23. The van der Waals surface area contributed by atoms with Crippen LogP contribution in [0.25, 0.3) is 11.3 Å². The Kier molecular flexibility index (Phi) is 2.90. The molecule has 0 amide bonds. The summed E-state index contributed by atoms with van der Waals surface area (Å²) >= 11 is 0. The molecule has 82 valence electrons. The molecule has 0 fully saturated rings. The average Bonchev–Trinajstić information content (AvgIpc) is 2.80. The molecule has 16 heavy (non-hydrogen) atoms. The molecule has 0 aliphatic carbocycles. The van der Waals surface area contributed by atoms with Gasteiger partial charge in [-0.3, -0.25) is 5.10 Å². The summed E-state index contributed by atoms with van der Waals surface area (Å²) in [4.78, 5) is 11.4. The average molecular weight is 218 g/mol. The summed E-state index contributed by atoms with van der Waals surface area (Å²) in [6.45, 7) is 2.09. The van der Waals surface area contributed by atoms with E-state index in [0.717, 1.165) is 5.56 Å². The van der Waals surface area contributed by atoms with Crippen molar-refractivity contribution in [2.24, 2.45) is 0 Å². The van der Waals surface area contributed by atoms with Crippen LogP contribution in [0, 0.1) is 0 Å². The Bertz CT molecular complexity index is 481. The van der Waals surface area contributed by atoms with Crippen LogP contribution in [0.2, 0.25) is 0 Å². The van der Waals surface area contributed by atoms with Gasteiger partial charge >= 0.3 is 5.97 Å². The van der Waals surface area contributed by atoms with Crippen LogP contribution < -0.4 is 0 Å². The fraction of sp³-hybridized carbons (Fsp3) is 0.200. The number of hydrogen-bond acceptors (Lipinski definition) is 5.